The van der Waals surface area contributed by atoms with E-state index < -0.39 is 0 Å². The van der Waals surface area contributed by atoms with Crippen LogP contribution in [0.5, 0.6) is 5.75 Å². The van der Waals surface area contributed by atoms with E-state index in [-0.39, 0.29) is 12.0 Å². The molecule has 1 aliphatic heterocycles. The Hall–Kier alpha value is -4.00. The maximum absolute atomic E-state index is 12.6. The molecule has 1 atom stereocenters. The molecular weight excluding hydrogens is 378 g/mol. The average molecular weight is 397 g/mol. The molecule has 0 spiro atoms. The second-order valence-electron chi connectivity index (χ2n) is 7.04. The van der Waals surface area contributed by atoms with Crippen LogP contribution in [0.3, 0.4) is 0 Å². The van der Waals surface area contributed by atoms with E-state index in [4.69, 9.17) is 4.74 Å². The van der Waals surface area contributed by atoms with Gasteiger partial charge in [-0.05, 0) is 42.0 Å². The van der Waals surface area contributed by atoms with Gasteiger partial charge in [0.1, 0.15) is 11.9 Å². The minimum Gasteiger partial charge on any atom is -0.487 e. The number of amides is 1. The Labute approximate surface area is 173 Å². The van der Waals surface area contributed by atoms with Gasteiger partial charge in [0.2, 0.25) is 0 Å². The van der Waals surface area contributed by atoms with Gasteiger partial charge in [0.25, 0.3) is 5.91 Å². The minimum absolute atomic E-state index is 0.120. The molecule has 4 aromatic rings. The minimum atomic E-state index is -0.129. The number of hydrogen-bond donors (Lipinski definition) is 1. The Kier molecular flexibility index (Phi) is 4.69. The number of fused-ring (bicyclic) bond motifs is 1. The van der Waals surface area contributed by atoms with Crippen molar-refractivity contribution in [3.63, 3.8) is 0 Å². The van der Waals surface area contributed by atoms with E-state index in [0.29, 0.717) is 12.1 Å². The van der Waals surface area contributed by atoms with Gasteiger partial charge < -0.3 is 10.1 Å². The van der Waals surface area contributed by atoms with Gasteiger partial charge >= 0.3 is 0 Å². The van der Waals surface area contributed by atoms with Crippen molar-refractivity contribution < 1.29 is 9.53 Å². The smallest absolute Gasteiger partial charge is 0.251 e. The van der Waals surface area contributed by atoms with E-state index in [2.05, 4.69) is 20.4 Å². The van der Waals surface area contributed by atoms with Crippen LogP contribution in [0.4, 0.5) is 0 Å². The molecular formula is C23H19N5O2. The predicted octanol–water partition coefficient (Wildman–Crippen LogP) is 3.06. The Morgan fingerprint density at radius 2 is 2.00 bits per heavy atom. The van der Waals surface area contributed by atoms with Crippen molar-refractivity contribution in [2.75, 3.05) is 6.54 Å². The average Bonchev–Trinajstić information content (AvgIpc) is 3.48. The summed E-state index contributed by atoms with van der Waals surface area (Å²) < 4.78 is 7.90. The number of nitrogens with one attached hydrogen (secondary N) is 1. The molecule has 3 heterocycles. The monoisotopic (exact) mass is 397 g/mol. The molecule has 7 heteroatoms. The molecule has 2 aromatic heterocycles. The lowest BCUT2D eigenvalue weighted by Crippen LogP contribution is -2.34. The summed E-state index contributed by atoms with van der Waals surface area (Å²) in [6.45, 7) is 0.425. The zero-order valence-corrected chi connectivity index (χ0v) is 16.1. The molecule has 0 fully saturated rings. The number of nitrogens with zero attached hydrogens (tertiary/aromatic N) is 4. The molecule has 0 bridgehead atoms. The van der Waals surface area contributed by atoms with Crippen molar-refractivity contribution in [2.45, 2.75) is 12.5 Å². The predicted molar refractivity (Wildman–Crippen MR) is 111 cm³/mol. The maximum atomic E-state index is 12.6. The number of aromatic nitrogens is 4. The molecule has 1 aliphatic rings. The lowest BCUT2D eigenvalue weighted by molar-refractivity contribution is 0.0933. The summed E-state index contributed by atoms with van der Waals surface area (Å²) in [6, 6.07) is 15.2. The van der Waals surface area contributed by atoms with Crippen molar-refractivity contribution in [2.24, 2.45) is 0 Å². The number of carbonyl (C=O) groups excluding carboxylic acids is 1. The van der Waals surface area contributed by atoms with Crippen LogP contribution in [0.15, 0.2) is 79.5 Å². The molecule has 0 radical (unpaired) electrons. The number of hydrogen-bond acceptors (Lipinski definition) is 5. The molecule has 0 unspecified atom stereocenters. The SMILES string of the molecule is O=C(NC[C@H]1Cc2cccc(-c3cnccn3)c2O1)c1ccc(-n2cccn2)cc1. The van der Waals surface area contributed by atoms with E-state index in [1.165, 1.54) is 0 Å². The zero-order valence-electron chi connectivity index (χ0n) is 16.1. The fourth-order valence-electron chi connectivity index (χ4n) is 3.59. The molecule has 1 amide bonds. The Bertz CT molecular complexity index is 1160. The first-order valence-corrected chi connectivity index (χ1v) is 9.71. The van der Waals surface area contributed by atoms with Crippen molar-refractivity contribution in [3.8, 4) is 22.7 Å². The highest BCUT2D eigenvalue weighted by molar-refractivity contribution is 5.94. The van der Waals surface area contributed by atoms with Crippen LogP contribution in [-0.4, -0.2) is 38.3 Å². The number of benzene rings is 2. The first-order chi connectivity index (χ1) is 14.8. The number of para-hydroxylation sites is 1. The zero-order chi connectivity index (χ0) is 20.3. The van der Waals surface area contributed by atoms with Gasteiger partial charge in [-0.3, -0.25) is 14.8 Å². The van der Waals surface area contributed by atoms with Crippen LogP contribution in [0.2, 0.25) is 0 Å². The van der Waals surface area contributed by atoms with Crippen molar-refractivity contribution in [1.82, 2.24) is 25.1 Å². The van der Waals surface area contributed by atoms with E-state index in [9.17, 15) is 4.79 Å². The third-order valence-corrected chi connectivity index (χ3v) is 5.06. The number of rotatable bonds is 5. The quantitative estimate of drug-likeness (QED) is 0.560. The maximum Gasteiger partial charge on any atom is 0.251 e. The fourth-order valence-corrected chi connectivity index (χ4v) is 3.59. The van der Waals surface area contributed by atoms with Gasteiger partial charge in [-0.2, -0.15) is 5.10 Å². The van der Waals surface area contributed by atoms with Crippen LogP contribution in [0.25, 0.3) is 16.9 Å². The highest BCUT2D eigenvalue weighted by Crippen LogP contribution is 2.37. The molecule has 148 valence electrons. The summed E-state index contributed by atoms with van der Waals surface area (Å²) in [6.07, 6.45) is 9.23. The van der Waals surface area contributed by atoms with Crippen molar-refractivity contribution in [1.29, 1.82) is 0 Å². The van der Waals surface area contributed by atoms with Crippen molar-refractivity contribution in [3.05, 3.63) is 90.6 Å². The second-order valence-corrected chi connectivity index (χ2v) is 7.04. The standard InChI is InChI=1S/C23H19N5O2/c29-23(16-5-7-18(8-6-16)28-12-2-9-27-28)26-14-19-13-17-3-1-4-20(22(17)30-19)21-15-24-10-11-25-21/h1-12,15,19H,13-14H2,(H,26,29)/t19-/m1/s1. The molecule has 1 N–H and O–H groups in total. The summed E-state index contributed by atoms with van der Waals surface area (Å²) in [5.41, 5.74) is 4.31. The molecule has 30 heavy (non-hydrogen) atoms. The van der Waals surface area contributed by atoms with Gasteiger partial charge in [0.05, 0.1) is 24.1 Å². The van der Waals surface area contributed by atoms with Crippen LogP contribution >= 0.6 is 0 Å². The van der Waals surface area contributed by atoms with E-state index >= 15 is 0 Å². The topological polar surface area (TPSA) is 81.9 Å². The summed E-state index contributed by atoms with van der Waals surface area (Å²) in [4.78, 5) is 21.1. The molecule has 2 aromatic carbocycles. The summed E-state index contributed by atoms with van der Waals surface area (Å²) in [5.74, 6) is 0.691. The van der Waals surface area contributed by atoms with Gasteiger partial charge in [0.15, 0.2) is 0 Å². The number of carbonyl (C=O) groups is 1. The highest BCUT2D eigenvalue weighted by atomic mass is 16.5. The first kappa shape index (κ1) is 18.1. The van der Waals surface area contributed by atoms with E-state index in [0.717, 1.165) is 34.7 Å². The molecule has 0 saturated heterocycles. The normalized spacial score (nSPS) is 14.7. The number of ether oxygens (including phenoxy) is 1. The van der Waals surface area contributed by atoms with Gasteiger partial charge in [-0.25, -0.2) is 4.68 Å². The lowest BCUT2D eigenvalue weighted by atomic mass is 10.0. The summed E-state index contributed by atoms with van der Waals surface area (Å²) >= 11 is 0. The lowest BCUT2D eigenvalue weighted by Gasteiger charge is -2.13. The van der Waals surface area contributed by atoms with Gasteiger partial charge in [0, 0.05) is 42.3 Å². The molecule has 0 saturated carbocycles. The third kappa shape index (κ3) is 3.53. The highest BCUT2D eigenvalue weighted by Gasteiger charge is 2.26. The molecule has 0 aliphatic carbocycles. The van der Waals surface area contributed by atoms with E-state index in [1.54, 1.807) is 41.6 Å². The Morgan fingerprint density at radius 3 is 2.77 bits per heavy atom. The van der Waals surface area contributed by atoms with Crippen LogP contribution in [0.1, 0.15) is 15.9 Å². The largest absolute Gasteiger partial charge is 0.487 e. The third-order valence-electron chi connectivity index (χ3n) is 5.06. The molecule has 7 nitrogen and oxygen atoms in total. The van der Waals surface area contributed by atoms with Gasteiger partial charge in [-0.1, -0.05) is 12.1 Å². The van der Waals surface area contributed by atoms with E-state index in [1.807, 2.05) is 42.6 Å². The van der Waals surface area contributed by atoms with Crippen LogP contribution in [-0.2, 0) is 6.42 Å². The van der Waals surface area contributed by atoms with Crippen LogP contribution < -0.4 is 10.1 Å². The summed E-state index contributed by atoms with van der Waals surface area (Å²) in [5, 5.41) is 7.16. The first-order valence-electron chi connectivity index (χ1n) is 9.71. The second kappa shape index (κ2) is 7.79. The van der Waals surface area contributed by atoms with Crippen LogP contribution in [0, 0.1) is 0 Å². The molecule has 5 rings (SSSR count). The van der Waals surface area contributed by atoms with Gasteiger partial charge in [-0.15, -0.1) is 0 Å². The Morgan fingerprint density at radius 1 is 1.10 bits per heavy atom. The summed E-state index contributed by atoms with van der Waals surface area (Å²) in [7, 11) is 0. The fraction of sp³-hybridized carbons (Fsp3) is 0.130. The van der Waals surface area contributed by atoms with Crippen molar-refractivity contribution >= 4 is 5.91 Å². The Balaban J connectivity index is 1.23.